The topological polar surface area (TPSA) is 18.5 Å². The average molecular weight is 296 g/mol. The zero-order chi connectivity index (χ0) is 15.1. The Balaban J connectivity index is 1.89. The first-order valence-electron chi connectivity index (χ1n) is 9.40. The Morgan fingerprint density at radius 3 is 2.43 bits per heavy atom. The second-order valence-corrected chi connectivity index (χ2v) is 7.24. The van der Waals surface area contributed by atoms with Crippen LogP contribution in [0.4, 0.5) is 0 Å². The fourth-order valence-corrected chi connectivity index (χ4v) is 4.55. The molecule has 0 spiro atoms. The van der Waals surface area contributed by atoms with E-state index < -0.39 is 0 Å². The van der Waals surface area contributed by atoms with E-state index in [0.29, 0.717) is 5.41 Å². The second-order valence-electron chi connectivity index (χ2n) is 7.24. The molecule has 1 saturated carbocycles. The third-order valence-corrected chi connectivity index (χ3v) is 5.80. The van der Waals surface area contributed by atoms with Crippen molar-refractivity contribution in [1.29, 1.82) is 0 Å². The largest absolute Gasteiger partial charge is 0.316 e. The van der Waals surface area contributed by atoms with E-state index in [1.807, 2.05) is 0 Å². The van der Waals surface area contributed by atoms with Gasteiger partial charge in [0.1, 0.15) is 0 Å². The molecule has 1 N–H and O–H groups in total. The molecule has 1 atom stereocenters. The molecule has 1 unspecified atom stereocenters. The van der Waals surface area contributed by atoms with E-state index in [-0.39, 0.29) is 0 Å². The van der Waals surface area contributed by atoms with Gasteiger partial charge in [-0.25, -0.2) is 0 Å². The maximum atomic E-state index is 3.65. The summed E-state index contributed by atoms with van der Waals surface area (Å²) in [5.74, 6) is 0. The minimum Gasteiger partial charge on any atom is -0.316 e. The minimum absolute atomic E-state index is 0.562. The highest BCUT2D eigenvalue weighted by atomic mass is 15.3. The first-order valence-corrected chi connectivity index (χ1v) is 9.40. The van der Waals surface area contributed by atoms with Crippen LogP contribution in [0.15, 0.2) is 0 Å². The summed E-state index contributed by atoms with van der Waals surface area (Å²) in [6.07, 6.45) is 8.59. The van der Waals surface area contributed by atoms with E-state index in [4.69, 9.17) is 0 Å². The van der Waals surface area contributed by atoms with Crippen molar-refractivity contribution in [3.63, 3.8) is 0 Å². The van der Waals surface area contributed by atoms with E-state index in [1.54, 1.807) is 0 Å². The maximum Gasteiger partial charge on any atom is 0.0235 e. The Morgan fingerprint density at radius 2 is 1.81 bits per heavy atom. The monoisotopic (exact) mass is 295 g/mol. The van der Waals surface area contributed by atoms with Crippen molar-refractivity contribution in [1.82, 2.24) is 15.1 Å². The summed E-state index contributed by atoms with van der Waals surface area (Å²) in [6, 6.07) is 0.805. The number of hydrogen-bond donors (Lipinski definition) is 1. The third kappa shape index (κ3) is 4.67. The van der Waals surface area contributed by atoms with Gasteiger partial charge >= 0.3 is 0 Å². The van der Waals surface area contributed by atoms with Crippen LogP contribution in [-0.2, 0) is 0 Å². The summed E-state index contributed by atoms with van der Waals surface area (Å²) in [6.45, 7) is 15.6. The summed E-state index contributed by atoms with van der Waals surface area (Å²) >= 11 is 0. The molecule has 0 bridgehead atoms. The summed E-state index contributed by atoms with van der Waals surface area (Å²) < 4.78 is 0. The van der Waals surface area contributed by atoms with E-state index in [2.05, 4.69) is 35.9 Å². The Bertz CT molecular complexity index is 282. The van der Waals surface area contributed by atoms with Gasteiger partial charge in [-0.3, -0.25) is 4.90 Å². The van der Waals surface area contributed by atoms with Gasteiger partial charge in [0.2, 0.25) is 0 Å². The first kappa shape index (κ1) is 17.2. The van der Waals surface area contributed by atoms with Crippen molar-refractivity contribution in [2.45, 2.75) is 65.3 Å². The van der Waals surface area contributed by atoms with Gasteiger partial charge in [0.05, 0.1) is 0 Å². The second kappa shape index (κ2) is 8.50. The Labute approximate surface area is 132 Å². The van der Waals surface area contributed by atoms with Gasteiger partial charge in [-0.1, -0.05) is 40.0 Å². The smallest absolute Gasteiger partial charge is 0.0235 e. The fraction of sp³-hybridized carbons (Fsp3) is 1.00. The van der Waals surface area contributed by atoms with Crippen molar-refractivity contribution >= 4 is 0 Å². The molecule has 3 heteroatoms. The predicted molar refractivity (Wildman–Crippen MR) is 91.8 cm³/mol. The Kier molecular flexibility index (Phi) is 6.97. The number of likely N-dealkylation sites (N-methyl/N-ethyl adjacent to an activating group) is 1. The van der Waals surface area contributed by atoms with E-state index >= 15 is 0 Å². The third-order valence-electron chi connectivity index (χ3n) is 5.80. The van der Waals surface area contributed by atoms with E-state index in [9.17, 15) is 0 Å². The lowest BCUT2D eigenvalue weighted by Crippen LogP contribution is -2.46. The van der Waals surface area contributed by atoms with Crippen molar-refractivity contribution in [3.8, 4) is 0 Å². The van der Waals surface area contributed by atoms with Gasteiger partial charge in [0.25, 0.3) is 0 Å². The standard InChI is InChI=1S/C18H37N3/c1-4-19-15-18(11-8-7-9-12-18)16-20-13-10-17(14-20)21(5-2)6-3/h17,19H,4-16H2,1-3H3. The SMILES string of the molecule is CCNCC1(CN2CCC(N(CC)CC)C2)CCCCC1. The fourth-order valence-electron chi connectivity index (χ4n) is 4.55. The molecule has 0 amide bonds. The molecule has 124 valence electrons. The summed E-state index contributed by atoms with van der Waals surface area (Å²) in [5.41, 5.74) is 0.562. The predicted octanol–water partition coefficient (Wildman–Crippen LogP) is 2.96. The molecule has 1 aliphatic heterocycles. The van der Waals surface area contributed by atoms with Gasteiger partial charge in [-0.05, 0) is 50.9 Å². The minimum atomic E-state index is 0.562. The van der Waals surface area contributed by atoms with Crippen molar-refractivity contribution in [3.05, 3.63) is 0 Å². The zero-order valence-corrected chi connectivity index (χ0v) is 14.7. The van der Waals surface area contributed by atoms with Gasteiger partial charge in [0, 0.05) is 25.7 Å². The molecule has 1 saturated heterocycles. The van der Waals surface area contributed by atoms with Gasteiger partial charge in [-0.2, -0.15) is 0 Å². The highest BCUT2D eigenvalue weighted by Crippen LogP contribution is 2.37. The molecular weight excluding hydrogens is 258 g/mol. The van der Waals surface area contributed by atoms with Crippen LogP contribution in [-0.4, -0.2) is 61.7 Å². The molecule has 1 heterocycles. The lowest BCUT2D eigenvalue weighted by molar-refractivity contribution is 0.110. The Hall–Kier alpha value is -0.120. The number of likely N-dealkylation sites (tertiary alicyclic amines) is 1. The van der Waals surface area contributed by atoms with Crippen molar-refractivity contribution in [2.75, 3.05) is 45.8 Å². The molecule has 2 rings (SSSR count). The van der Waals surface area contributed by atoms with Crippen molar-refractivity contribution in [2.24, 2.45) is 5.41 Å². The van der Waals surface area contributed by atoms with Crippen LogP contribution in [0.3, 0.4) is 0 Å². The number of hydrogen-bond acceptors (Lipinski definition) is 3. The van der Waals surface area contributed by atoms with Crippen LogP contribution in [0.5, 0.6) is 0 Å². The normalized spacial score (nSPS) is 26.6. The molecule has 0 radical (unpaired) electrons. The molecular formula is C18H37N3. The highest BCUT2D eigenvalue weighted by molar-refractivity contribution is 4.91. The van der Waals surface area contributed by atoms with Gasteiger partial charge in [0.15, 0.2) is 0 Å². The van der Waals surface area contributed by atoms with E-state index in [1.165, 1.54) is 77.8 Å². The number of rotatable bonds is 8. The quantitative estimate of drug-likeness (QED) is 0.743. The molecule has 2 aliphatic rings. The number of nitrogens with zero attached hydrogens (tertiary/aromatic N) is 2. The van der Waals surface area contributed by atoms with E-state index in [0.717, 1.165) is 12.6 Å². The van der Waals surface area contributed by atoms with Crippen LogP contribution in [0.2, 0.25) is 0 Å². The lowest BCUT2D eigenvalue weighted by Gasteiger charge is -2.40. The van der Waals surface area contributed by atoms with Crippen LogP contribution in [0.1, 0.15) is 59.3 Å². The molecule has 0 aromatic rings. The molecule has 1 aliphatic carbocycles. The zero-order valence-electron chi connectivity index (χ0n) is 14.7. The first-order chi connectivity index (χ1) is 10.2. The summed E-state index contributed by atoms with van der Waals surface area (Å²) in [7, 11) is 0. The van der Waals surface area contributed by atoms with Crippen LogP contribution in [0, 0.1) is 5.41 Å². The van der Waals surface area contributed by atoms with Crippen LogP contribution in [0.25, 0.3) is 0 Å². The molecule has 3 nitrogen and oxygen atoms in total. The van der Waals surface area contributed by atoms with Gasteiger partial charge in [-0.15, -0.1) is 0 Å². The molecule has 0 aromatic carbocycles. The highest BCUT2D eigenvalue weighted by Gasteiger charge is 2.36. The molecule has 0 aromatic heterocycles. The number of nitrogens with one attached hydrogen (secondary N) is 1. The van der Waals surface area contributed by atoms with Crippen LogP contribution < -0.4 is 5.32 Å². The summed E-state index contributed by atoms with van der Waals surface area (Å²) in [5, 5.41) is 3.65. The average Bonchev–Trinajstić information content (AvgIpc) is 2.95. The summed E-state index contributed by atoms with van der Waals surface area (Å²) in [4.78, 5) is 5.42. The molecule has 21 heavy (non-hydrogen) atoms. The van der Waals surface area contributed by atoms with Crippen molar-refractivity contribution < 1.29 is 0 Å². The maximum absolute atomic E-state index is 3.65. The lowest BCUT2D eigenvalue weighted by atomic mass is 9.73. The van der Waals surface area contributed by atoms with Gasteiger partial charge < -0.3 is 10.2 Å². The van der Waals surface area contributed by atoms with Crippen LogP contribution >= 0.6 is 0 Å². The Morgan fingerprint density at radius 1 is 1.10 bits per heavy atom. The molecule has 2 fully saturated rings.